The molecule has 3 heterocycles. The number of anilines is 3. The molecule has 0 atom stereocenters. The van der Waals surface area contributed by atoms with Gasteiger partial charge in [-0.15, -0.1) is 0 Å². The van der Waals surface area contributed by atoms with Crippen molar-refractivity contribution in [1.82, 2.24) is 15.0 Å². The van der Waals surface area contributed by atoms with Crippen LogP contribution in [-0.2, 0) is 9.47 Å². The van der Waals surface area contributed by atoms with Gasteiger partial charge in [-0.2, -0.15) is 20.1 Å². The maximum Gasteiger partial charge on any atom is 0.250 e. The van der Waals surface area contributed by atoms with E-state index in [0.717, 1.165) is 0 Å². The third kappa shape index (κ3) is 4.60. The van der Waals surface area contributed by atoms with Gasteiger partial charge < -0.3 is 34.6 Å². The van der Waals surface area contributed by atoms with Crippen LogP contribution in [0.5, 0.6) is 17.2 Å². The second kappa shape index (κ2) is 8.97. The lowest BCUT2D eigenvalue weighted by molar-refractivity contribution is 0.121. The number of nitrogens with zero attached hydrogens (tertiary/aromatic N) is 6. The number of hydrogen-bond donors (Lipinski definition) is 4. The molecule has 0 radical (unpaired) electrons. The van der Waals surface area contributed by atoms with E-state index >= 15 is 0 Å². The minimum atomic E-state index is -0.581. The Bertz CT molecular complexity index is 855. The van der Waals surface area contributed by atoms with Crippen molar-refractivity contribution in [2.45, 2.75) is 0 Å². The number of hydrogen-bond acceptors (Lipinski definition) is 12. The lowest BCUT2D eigenvalue weighted by atomic mass is 10.2. The fraction of sp³-hybridized carbons (Fsp3) is 0.444. The largest absolute Gasteiger partial charge is 0.504 e. The van der Waals surface area contributed by atoms with Crippen molar-refractivity contribution in [1.29, 1.82) is 0 Å². The molecule has 2 saturated heterocycles. The van der Waals surface area contributed by atoms with Gasteiger partial charge in [-0.05, 0) is 12.1 Å². The molecule has 2 fully saturated rings. The Morgan fingerprint density at radius 3 is 1.83 bits per heavy atom. The summed E-state index contributed by atoms with van der Waals surface area (Å²) in [7, 11) is 0. The van der Waals surface area contributed by atoms with Crippen molar-refractivity contribution < 1.29 is 24.8 Å². The zero-order valence-corrected chi connectivity index (χ0v) is 16.2. The highest BCUT2D eigenvalue weighted by Gasteiger charge is 2.20. The maximum atomic E-state index is 9.60. The average Bonchev–Trinajstić information content (AvgIpc) is 2.78. The highest BCUT2D eigenvalue weighted by molar-refractivity contribution is 5.82. The molecule has 12 heteroatoms. The highest BCUT2D eigenvalue weighted by atomic mass is 16.5. The zero-order chi connectivity index (χ0) is 20.9. The standard InChI is InChI=1S/C18H23N7O5/c26-13-9-12(10-14(27)15(13)28)11-19-23-16-20-17(24-1-5-29-6-2-24)22-18(21-16)25-3-7-30-8-4-25/h9-11,26-28H,1-8H2,(H,20,21,22,23). The van der Waals surface area contributed by atoms with Crippen LogP contribution in [0.2, 0.25) is 0 Å². The van der Waals surface area contributed by atoms with Crippen molar-refractivity contribution in [3.63, 3.8) is 0 Å². The Kier molecular flexibility index (Phi) is 5.95. The third-order valence-electron chi connectivity index (χ3n) is 4.67. The summed E-state index contributed by atoms with van der Waals surface area (Å²) in [6.45, 7) is 5.15. The number of nitrogens with one attached hydrogen (secondary N) is 1. The fourth-order valence-corrected chi connectivity index (χ4v) is 3.08. The number of morpholine rings is 2. The van der Waals surface area contributed by atoms with E-state index in [1.165, 1.54) is 18.3 Å². The van der Waals surface area contributed by atoms with Gasteiger partial charge in [0, 0.05) is 31.7 Å². The van der Waals surface area contributed by atoms with E-state index in [2.05, 4.69) is 25.5 Å². The molecule has 1 aromatic carbocycles. The molecule has 12 nitrogen and oxygen atoms in total. The normalized spacial score (nSPS) is 17.5. The molecule has 4 N–H and O–H groups in total. The summed E-state index contributed by atoms with van der Waals surface area (Å²) in [5.74, 6) is -0.138. The summed E-state index contributed by atoms with van der Waals surface area (Å²) in [6.07, 6.45) is 1.37. The molecule has 0 amide bonds. The van der Waals surface area contributed by atoms with E-state index in [0.29, 0.717) is 70.1 Å². The minimum Gasteiger partial charge on any atom is -0.504 e. The van der Waals surface area contributed by atoms with Crippen LogP contribution in [0, 0.1) is 0 Å². The maximum absolute atomic E-state index is 9.60. The van der Waals surface area contributed by atoms with Crippen LogP contribution in [0.3, 0.4) is 0 Å². The molecule has 0 spiro atoms. The molecule has 160 valence electrons. The van der Waals surface area contributed by atoms with Crippen LogP contribution in [0.25, 0.3) is 0 Å². The molecular weight excluding hydrogens is 394 g/mol. The molecule has 30 heavy (non-hydrogen) atoms. The van der Waals surface area contributed by atoms with Crippen molar-refractivity contribution in [2.24, 2.45) is 5.10 Å². The number of aromatic hydroxyl groups is 3. The summed E-state index contributed by atoms with van der Waals surface area (Å²) in [5, 5.41) is 32.7. The lowest BCUT2D eigenvalue weighted by Crippen LogP contribution is -2.40. The Morgan fingerprint density at radius 1 is 0.833 bits per heavy atom. The van der Waals surface area contributed by atoms with Crippen LogP contribution < -0.4 is 15.2 Å². The van der Waals surface area contributed by atoms with Gasteiger partial charge in [-0.3, -0.25) is 0 Å². The van der Waals surface area contributed by atoms with Gasteiger partial charge in [0.2, 0.25) is 17.8 Å². The van der Waals surface area contributed by atoms with E-state index in [1.807, 2.05) is 9.80 Å². The number of benzene rings is 1. The molecule has 4 rings (SSSR count). The van der Waals surface area contributed by atoms with Crippen LogP contribution in [0.1, 0.15) is 5.56 Å². The van der Waals surface area contributed by atoms with E-state index in [9.17, 15) is 15.3 Å². The summed E-state index contributed by atoms with van der Waals surface area (Å²) in [6, 6.07) is 2.54. The Balaban J connectivity index is 1.56. The summed E-state index contributed by atoms with van der Waals surface area (Å²) in [4.78, 5) is 17.6. The first kappa shape index (κ1) is 19.9. The van der Waals surface area contributed by atoms with Crippen molar-refractivity contribution in [3.05, 3.63) is 17.7 Å². The monoisotopic (exact) mass is 417 g/mol. The first-order valence-electron chi connectivity index (χ1n) is 9.55. The molecule has 0 bridgehead atoms. The van der Waals surface area contributed by atoms with Gasteiger partial charge in [-0.1, -0.05) is 0 Å². The fourth-order valence-electron chi connectivity index (χ4n) is 3.08. The lowest BCUT2D eigenvalue weighted by Gasteiger charge is -2.30. The minimum absolute atomic E-state index is 0.261. The summed E-state index contributed by atoms with van der Waals surface area (Å²) >= 11 is 0. The molecule has 2 aliphatic heterocycles. The highest BCUT2D eigenvalue weighted by Crippen LogP contribution is 2.34. The van der Waals surface area contributed by atoms with Crippen molar-refractivity contribution >= 4 is 24.1 Å². The van der Waals surface area contributed by atoms with Gasteiger partial charge in [0.25, 0.3) is 0 Å². The number of ether oxygens (including phenoxy) is 2. The molecular formula is C18H23N7O5. The summed E-state index contributed by atoms with van der Waals surface area (Å²) < 4.78 is 10.8. The predicted molar refractivity (Wildman–Crippen MR) is 109 cm³/mol. The topological polar surface area (TPSA) is 149 Å². The number of aromatic nitrogens is 3. The van der Waals surface area contributed by atoms with Crippen LogP contribution in [0.15, 0.2) is 17.2 Å². The number of phenols is 3. The van der Waals surface area contributed by atoms with Crippen molar-refractivity contribution in [2.75, 3.05) is 67.8 Å². The van der Waals surface area contributed by atoms with E-state index in [4.69, 9.17) is 9.47 Å². The van der Waals surface area contributed by atoms with E-state index in [1.54, 1.807) is 0 Å². The molecule has 0 unspecified atom stereocenters. The Morgan fingerprint density at radius 2 is 1.33 bits per heavy atom. The van der Waals surface area contributed by atoms with Gasteiger partial charge in [0.05, 0.1) is 32.6 Å². The molecule has 0 saturated carbocycles. The molecule has 1 aromatic heterocycles. The number of hydrazone groups is 1. The van der Waals surface area contributed by atoms with Gasteiger partial charge in [0.15, 0.2) is 17.2 Å². The number of rotatable bonds is 5. The SMILES string of the molecule is Oc1cc(C=NNc2nc(N3CCOCC3)nc(N3CCOCC3)n2)cc(O)c1O. The Hall–Kier alpha value is -3.38. The number of phenolic OH excluding ortho intramolecular Hbond substituents is 3. The predicted octanol–water partition coefficient (Wildman–Crippen LogP) is 0.108. The first-order valence-corrected chi connectivity index (χ1v) is 9.55. The average molecular weight is 417 g/mol. The molecule has 2 aliphatic rings. The second-order valence-corrected chi connectivity index (χ2v) is 6.74. The quantitative estimate of drug-likeness (QED) is 0.298. The zero-order valence-electron chi connectivity index (χ0n) is 16.2. The van der Waals surface area contributed by atoms with Crippen LogP contribution in [-0.4, -0.2) is 89.1 Å². The third-order valence-corrected chi connectivity index (χ3v) is 4.67. The molecule has 0 aliphatic carbocycles. The van der Waals surface area contributed by atoms with Crippen LogP contribution >= 0.6 is 0 Å². The summed E-state index contributed by atoms with van der Waals surface area (Å²) in [5.41, 5.74) is 3.15. The van der Waals surface area contributed by atoms with Crippen LogP contribution in [0.4, 0.5) is 17.8 Å². The van der Waals surface area contributed by atoms with Gasteiger partial charge >= 0.3 is 0 Å². The molecule has 2 aromatic rings. The van der Waals surface area contributed by atoms with Crippen molar-refractivity contribution in [3.8, 4) is 17.2 Å². The second-order valence-electron chi connectivity index (χ2n) is 6.74. The van der Waals surface area contributed by atoms with Gasteiger partial charge in [-0.25, -0.2) is 5.43 Å². The van der Waals surface area contributed by atoms with Gasteiger partial charge in [0.1, 0.15) is 0 Å². The smallest absolute Gasteiger partial charge is 0.250 e. The Labute approximate surface area is 172 Å². The van der Waals surface area contributed by atoms with E-state index < -0.39 is 17.2 Å². The first-order chi connectivity index (χ1) is 14.6. The van der Waals surface area contributed by atoms with E-state index in [-0.39, 0.29) is 5.95 Å².